The number of ether oxygens (including phenoxy) is 2. The molecule has 0 aliphatic heterocycles. The number of rotatable bonds is 5. The lowest BCUT2D eigenvalue weighted by atomic mass is 10.1. The van der Waals surface area contributed by atoms with Crippen molar-refractivity contribution in [2.45, 2.75) is 6.92 Å². The molecule has 0 fully saturated rings. The lowest BCUT2D eigenvalue weighted by Crippen LogP contribution is -2.17. The first-order valence-corrected chi connectivity index (χ1v) is 7.55. The predicted octanol–water partition coefficient (Wildman–Crippen LogP) is 2.99. The van der Waals surface area contributed by atoms with Crippen molar-refractivity contribution in [3.63, 3.8) is 0 Å². The van der Waals surface area contributed by atoms with Gasteiger partial charge in [-0.2, -0.15) is 0 Å². The molecule has 0 amide bonds. The van der Waals surface area contributed by atoms with E-state index in [0.717, 1.165) is 10.9 Å². The number of hydrogen-bond donors (Lipinski definition) is 0. The van der Waals surface area contributed by atoms with Crippen LogP contribution in [0.3, 0.4) is 0 Å². The average molecular weight is 355 g/mol. The molecule has 1 aromatic heterocycles. The molecule has 2 aromatic carbocycles. The summed E-state index contributed by atoms with van der Waals surface area (Å²) in [6, 6.07) is 11.4. The van der Waals surface area contributed by atoms with Gasteiger partial charge in [-0.25, -0.2) is 9.59 Å². The number of carbonyl (C=O) groups excluding carboxylic acids is 1. The second-order valence-electron chi connectivity index (χ2n) is 5.42. The van der Waals surface area contributed by atoms with Crippen LogP contribution in [0.25, 0.3) is 11.0 Å². The minimum atomic E-state index is -0.669. The molecule has 3 rings (SSSR count). The van der Waals surface area contributed by atoms with Gasteiger partial charge >= 0.3 is 11.6 Å². The number of non-ortho nitro benzene ring substituents is 1. The largest absolute Gasteiger partial charge is 0.482 e. The smallest absolute Gasteiger partial charge is 0.349 e. The van der Waals surface area contributed by atoms with E-state index in [2.05, 4.69) is 0 Å². The number of nitro benzene ring substituents is 1. The molecule has 0 spiro atoms. The molecule has 0 saturated heterocycles. The van der Waals surface area contributed by atoms with Crippen LogP contribution in [-0.2, 0) is 4.79 Å². The van der Waals surface area contributed by atoms with Gasteiger partial charge < -0.3 is 13.9 Å². The molecule has 0 aliphatic carbocycles. The fourth-order valence-electron chi connectivity index (χ4n) is 2.34. The first kappa shape index (κ1) is 17.2. The van der Waals surface area contributed by atoms with Crippen molar-refractivity contribution in [3.05, 3.63) is 74.6 Å². The van der Waals surface area contributed by atoms with Gasteiger partial charge in [-0.1, -0.05) is 0 Å². The minimum absolute atomic E-state index is 0.0760. The molecule has 0 N–H and O–H groups in total. The summed E-state index contributed by atoms with van der Waals surface area (Å²) in [6.07, 6.45) is 0. The first-order chi connectivity index (χ1) is 12.4. The number of carbonyl (C=O) groups is 1. The minimum Gasteiger partial charge on any atom is -0.482 e. The normalized spacial score (nSPS) is 10.5. The van der Waals surface area contributed by atoms with E-state index in [1.54, 1.807) is 19.1 Å². The molecule has 0 saturated carbocycles. The van der Waals surface area contributed by atoms with Crippen molar-refractivity contribution in [1.82, 2.24) is 0 Å². The lowest BCUT2D eigenvalue weighted by Gasteiger charge is -2.07. The van der Waals surface area contributed by atoms with Gasteiger partial charge in [0.2, 0.25) is 0 Å². The van der Waals surface area contributed by atoms with E-state index < -0.39 is 16.5 Å². The summed E-state index contributed by atoms with van der Waals surface area (Å²) in [4.78, 5) is 33.4. The molecule has 0 unspecified atom stereocenters. The maximum absolute atomic E-state index is 11.9. The summed E-state index contributed by atoms with van der Waals surface area (Å²) in [5, 5.41) is 11.3. The van der Waals surface area contributed by atoms with Crippen LogP contribution < -0.4 is 15.1 Å². The highest BCUT2D eigenvalue weighted by atomic mass is 16.6. The molecular formula is C18H13NO7. The van der Waals surface area contributed by atoms with E-state index in [-0.39, 0.29) is 18.0 Å². The van der Waals surface area contributed by atoms with Crippen molar-refractivity contribution in [1.29, 1.82) is 0 Å². The second kappa shape index (κ2) is 7.06. The average Bonchev–Trinajstić information content (AvgIpc) is 2.60. The molecular weight excluding hydrogens is 342 g/mol. The molecule has 8 nitrogen and oxygen atoms in total. The molecule has 1 heterocycles. The van der Waals surface area contributed by atoms with Gasteiger partial charge in [-0.3, -0.25) is 10.1 Å². The zero-order valence-electron chi connectivity index (χ0n) is 13.6. The van der Waals surface area contributed by atoms with Crippen LogP contribution in [0.15, 0.2) is 57.7 Å². The monoisotopic (exact) mass is 355 g/mol. The molecule has 0 atom stereocenters. The summed E-state index contributed by atoms with van der Waals surface area (Å²) < 4.78 is 15.5. The van der Waals surface area contributed by atoms with E-state index in [1.165, 1.54) is 36.4 Å². The molecule has 8 heteroatoms. The quantitative estimate of drug-likeness (QED) is 0.227. The Bertz CT molecular complexity index is 1040. The summed E-state index contributed by atoms with van der Waals surface area (Å²) in [5.41, 5.74) is 0.514. The number of nitrogens with zero attached hydrogens (tertiary/aromatic N) is 1. The standard InChI is InChI=1S/C18H13NO7/c1-11-8-17(20)26-16-9-14(6-7-15(11)16)25-18(21)10-24-13-4-2-12(3-5-13)19(22)23/h2-9H,10H2,1H3. The summed E-state index contributed by atoms with van der Waals surface area (Å²) in [5.74, 6) is -0.158. The molecule has 0 aliphatic rings. The number of fused-ring (bicyclic) bond motifs is 1. The Kier molecular flexibility index (Phi) is 4.66. The fraction of sp³-hybridized carbons (Fsp3) is 0.111. The Morgan fingerprint density at radius 1 is 1.12 bits per heavy atom. The van der Waals surface area contributed by atoms with Crippen LogP contribution in [0.1, 0.15) is 5.56 Å². The van der Waals surface area contributed by atoms with Gasteiger partial charge in [-0.05, 0) is 36.8 Å². The zero-order valence-corrected chi connectivity index (χ0v) is 13.6. The molecule has 0 radical (unpaired) electrons. The predicted molar refractivity (Wildman–Crippen MR) is 91.4 cm³/mol. The fourth-order valence-corrected chi connectivity index (χ4v) is 2.34. The zero-order chi connectivity index (χ0) is 18.7. The molecule has 26 heavy (non-hydrogen) atoms. The van der Waals surface area contributed by atoms with Gasteiger partial charge in [0.05, 0.1) is 4.92 Å². The van der Waals surface area contributed by atoms with Crippen LogP contribution in [0.4, 0.5) is 5.69 Å². The van der Waals surface area contributed by atoms with Crippen molar-refractivity contribution in [3.8, 4) is 11.5 Å². The molecule has 3 aromatic rings. The van der Waals surface area contributed by atoms with Crippen LogP contribution in [0, 0.1) is 17.0 Å². The van der Waals surface area contributed by atoms with Gasteiger partial charge in [-0.15, -0.1) is 0 Å². The Morgan fingerprint density at radius 3 is 2.50 bits per heavy atom. The van der Waals surface area contributed by atoms with Crippen molar-refractivity contribution in [2.75, 3.05) is 6.61 Å². The number of esters is 1. The van der Waals surface area contributed by atoms with Gasteiger partial charge in [0, 0.05) is 29.7 Å². The van der Waals surface area contributed by atoms with E-state index in [1.807, 2.05) is 0 Å². The maximum atomic E-state index is 11.9. The van der Waals surface area contributed by atoms with Crippen LogP contribution >= 0.6 is 0 Å². The SMILES string of the molecule is Cc1cc(=O)oc2cc(OC(=O)COc3ccc([N+](=O)[O-])cc3)ccc12. The highest BCUT2D eigenvalue weighted by Crippen LogP contribution is 2.22. The third kappa shape index (κ3) is 3.86. The number of hydrogen-bond acceptors (Lipinski definition) is 7. The van der Waals surface area contributed by atoms with E-state index in [0.29, 0.717) is 11.3 Å². The summed E-state index contributed by atoms with van der Waals surface area (Å²) in [6.45, 7) is 1.40. The van der Waals surface area contributed by atoms with Crippen LogP contribution in [0.5, 0.6) is 11.5 Å². The van der Waals surface area contributed by atoms with E-state index in [4.69, 9.17) is 13.9 Å². The Hall–Kier alpha value is -3.68. The van der Waals surface area contributed by atoms with E-state index >= 15 is 0 Å². The third-order valence-corrected chi connectivity index (χ3v) is 3.56. The van der Waals surface area contributed by atoms with Crippen molar-refractivity contribution in [2.24, 2.45) is 0 Å². The maximum Gasteiger partial charge on any atom is 0.349 e. The van der Waals surface area contributed by atoms with Gasteiger partial charge in [0.25, 0.3) is 5.69 Å². The lowest BCUT2D eigenvalue weighted by molar-refractivity contribution is -0.384. The summed E-state index contributed by atoms with van der Waals surface area (Å²) in [7, 11) is 0. The second-order valence-corrected chi connectivity index (χ2v) is 5.42. The van der Waals surface area contributed by atoms with Gasteiger partial charge in [0.1, 0.15) is 17.1 Å². The number of benzene rings is 2. The third-order valence-electron chi connectivity index (χ3n) is 3.56. The van der Waals surface area contributed by atoms with Gasteiger partial charge in [0.15, 0.2) is 6.61 Å². The Morgan fingerprint density at radius 2 is 1.81 bits per heavy atom. The van der Waals surface area contributed by atoms with E-state index in [9.17, 15) is 19.7 Å². The van der Waals surface area contributed by atoms with Crippen LogP contribution in [0.2, 0.25) is 0 Å². The van der Waals surface area contributed by atoms with Crippen molar-refractivity contribution < 1.29 is 23.6 Å². The molecule has 0 bridgehead atoms. The first-order valence-electron chi connectivity index (χ1n) is 7.55. The Balaban J connectivity index is 1.65. The highest BCUT2D eigenvalue weighted by Gasteiger charge is 2.10. The Labute approximate surface area is 146 Å². The number of aryl methyl sites for hydroxylation is 1. The topological polar surface area (TPSA) is 109 Å². The summed E-state index contributed by atoms with van der Waals surface area (Å²) >= 11 is 0. The van der Waals surface area contributed by atoms with Crippen molar-refractivity contribution >= 4 is 22.6 Å². The van der Waals surface area contributed by atoms with Crippen LogP contribution in [-0.4, -0.2) is 17.5 Å². The number of nitro groups is 1. The highest BCUT2D eigenvalue weighted by molar-refractivity contribution is 5.82. The molecule has 132 valence electrons.